The summed E-state index contributed by atoms with van der Waals surface area (Å²) in [5.41, 5.74) is 3.59. The molecule has 7 nitrogen and oxygen atoms in total. The molecule has 8 heteroatoms. The summed E-state index contributed by atoms with van der Waals surface area (Å²) in [6.07, 6.45) is 1.79. The minimum absolute atomic E-state index is 0.141. The van der Waals surface area contributed by atoms with Crippen LogP contribution in [0.1, 0.15) is 44.7 Å². The fraction of sp³-hybridized carbons (Fsp3) is 0.406. The number of carbonyl (C=O) groups excluding carboxylic acids is 1. The van der Waals surface area contributed by atoms with Crippen LogP contribution >= 0.6 is 0 Å². The summed E-state index contributed by atoms with van der Waals surface area (Å²) in [5.74, 6) is -0.421. The second-order valence-corrected chi connectivity index (χ2v) is 12.4. The number of esters is 1. The van der Waals surface area contributed by atoms with E-state index >= 15 is 0 Å². The summed E-state index contributed by atoms with van der Waals surface area (Å²) in [6, 6.07) is 26.0. The van der Waals surface area contributed by atoms with Crippen molar-refractivity contribution >= 4 is 16.1 Å². The first kappa shape index (κ1) is 31.3. The van der Waals surface area contributed by atoms with Crippen molar-refractivity contribution in [2.24, 2.45) is 5.92 Å². The predicted octanol–water partition coefficient (Wildman–Crippen LogP) is 6.20. The van der Waals surface area contributed by atoms with Crippen molar-refractivity contribution in [1.82, 2.24) is 0 Å². The zero-order valence-corrected chi connectivity index (χ0v) is 24.8. The van der Waals surface area contributed by atoms with Gasteiger partial charge in [0.15, 0.2) is 0 Å². The fourth-order valence-corrected chi connectivity index (χ4v) is 4.69. The molecule has 2 atom stereocenters. The van der Waals surface area contributed by atoms with Gasteiger partial charge in [-0.25, -0.2) is 0 Å². The number of aryl methyl sites for hydroxylation is 1. The SMILES string of the molecule is COc1ccc(COC(CCc2ccc(-c3ccccc3)cc2)C(CCOS(C)(=O)=O)C(=O)OC(C)(C)C)cc1. The molecule has 0 amide bonds. The monoisotopic (exact) mass is 568 g/mol. The molecular formula is C32H40O7S. The summed E-state index contributed by atoms with van der Waals surface area (Å²) >= 11 is 0. The topological polar surface area (TPSA) is 88.1 Å². The smallest absolute Gasteiger partial charge is 0.312 e. The first-order chi connectivity index (χ1) is 18.9. The van der Waals surface area contributed by atoms with Crippen molar-refractivity contribution in [3.63, 3.8) is 0 Å². The van der Waals surface area contributed by atoms with Gasteiger partial charge in [0.2, 0.25) is 0 Å². The minimum Gasteiger partial charge on any atom is -0.497 e. The Morgan fingerprint density at radius 3 is 2.00 bits per heavy atom. The number of rotatable bonds is 14. The highest BCUT2D eigenvalue weighted by Crippen LogP contribution is 2.26. The van der Waals surface area contributed by atoms with Crippen molar-refractivity contribution in [2.75, 3.05) is 20.0 Å². The van der Waals surface area contributed by atoms with Gasteiger partial charge in [-0.3, -0.25) is 8.98 Å². The molecule has 40 heavy (non-hydrogen) atoms. The molecule has 0 heterocycles. The Bertz CT molecular complexity index is 1300. The minimum atomic E-state index is -3.66. The number of benzene rings is 3. The van der Waals surface area contributed by atoms with E-state index in [2.05, 4.69) is 36.4 Å². The van der Waals surface area contributed by atoms with E-state index < -0.39 is 33.7 Å². The van der Waals surface area contributed by atoms with Crippen LogP contribution < -0.4 is 4.74 Å². The molecule has 0 radical (unpaired) electrons. The third kappa shape index (κ3) is 10.8. The standard InChI is InChI=1S/C32H40O7S/c1-32(2,3)39-31(33)29(21-22-38-40(5,34)35)30(37-23-25-13-18-28(36-4)19-14-25)20-15-24-11-16-27(17-12-24)26-9-7-6-8-10-26/h6-14,16-19,29-30H,15,20-23H2,1-5H3. The Morgan fingerprint density at radius 1 is 0.825 bits per heavy atom. The van der Waals surface area contributed by atoms with E-state index in [4.69, 9.17) is 18.4 Å². The van der Waals surface area contributed by atoms with Gasteiger partial charge in [0.25, 0.3) is 10.1 Å². The molecule has 0 aliphatic heterocycles. The van der Waals surface area contributed by atoms with E-state index in [0.29, 0.717) is 12.8 Å². The van der Waals surface area contributed by atoms with Crippen LogP contribution in [0, 0.1) is 5.92 Å². The summed E-state index contributed by atoms with van der Waals surface area (Å²) in [5, 5.41) is 0. The number of hydrogen-bond acceptors (Lipinski definition) is 7. The van der Waals surface area contributed by atoms with Crippen LogP contribution in [0.3, 0.4) is 0 Å². The highest BCUT2D eigenvalue weighted by atomic mass is 32.2. The van der Waals surface area contributed by atoms with Crippen LogP contribution in [0.4, 0.5) is 0 Å². The summed E-state index contributed by atoms with van der Waals surface area (Å²) < 4.78 is 45.5. The number of methoxy groups -OCH3 is 1. The Hall–Kier alpha value is -3.20. The molecule has 3 aromatic rings. The molecule has 0 aromatic heterocycles. The van der Waals surface area contributed by atoms with Gasteiger partial charge in [0.05, 0.1) is 38.6 Å². The molecule has 216 valence electrons. The average Bonchev–Trinajstić information content (AvgIpc) is 2.91. The van der Waals surface area contributed by atoms with Crippen molar-refractivity contribution < 1.29 is 31.6 Å². The van der Waals surface area contributed by atoms with Crippen molar-refractivity contribution in [3.8, 4) is 16.9 Å². The lowest BCUT2D eigenvalue weighted by Crippen LogP contribution is -2.37. The third-order valence-corrected chi connectivity index (χ3v) is 6.88. The van der Waals surface area contributed by atoms with Gasteiger partial charge in [0.1, 0.15) is 11.4 Å². The molecule has 0 fully saturated rings. The highest BCUT2D eigenvalue weighted by Gasteiger charge is 2.33. The van der Waals surface area contributed by atoms with Gasteiger partial charge in [-0.15, -0.1) is 0 Å². The van der Waals surface area contributed by atoms with Crippen molar-refractivity contribution in [1.29, 1.82) is 0 Å². The van der Waals surface area contributed by atoms with Crippen molar-refractivity contribution in [2.45, 2.75) is 58.3 Å². The Labute approximate surface area is 238 Å². The lowest BCUT2D eigenvalue weighted by Gasteiger charge is -2.29. The van der Waals surface area contributed by atoms with Gasteiger partial charge in [-0.05, 0) is 74.4 Å². The number of hydrogen-bond donors (Lipinski definition) is 0. The Balaban J connectivity index is 1.80. The summed E-state index contributed by atoms with van der Waals surface area (Å²) in [7, 11) is -2.05. The second kappa shape index (κ2) is 14.4. The highest BCUT2D eigenvalue weighted by molar-refractivity contribution is 7.85. The Morgan fingerprint density at radius 2 is 1.43 bits per heavy atom. The van der Waals surface area contributed by atoms with E-state index in [9.17, 15) is 13.2 Å². The first-order valence-corrected chi connectivity index (χ1v) is 15.2. The molecule has 0 saturated heterocycles. The molecule has 2 unspecified atom stereocenters. The number of ether oxygens (including phenoxy) is 3. The Kier molecular flexibility index (Phi) is 11.3. The van der Waals surface area contributed by atoms with E-state index in [1.165, 1.54) is 0 Å². The van der Waals surface area contributed by atoms with Gasteiger partial charge >= 0.3 is 5.97 Å². The zero-order valence-electron chi connectivity index (χ0n) is 24.0. The molecular weight excluding hydrogens is 528 g/mol. The lowest BCUT2D eigenvalue weighted by molar-refractivity contribution is -0.167. The predicted molar refractivity (Wildman–Crippen MR) is 157 cm³/mol. The van der Waals surface area contributed by atoms with E-state index in [1.54, 1.807) is 27.9 Å². The molecule has 3 aromatic carbocycles. The number of carbonyl (C=O) groups is 1. The van der Waals surface area contributed by atoms with Gasteiger partial charge < -0.3 is 14.2 Å². The normalized spacial score (nSPS) is 13.4. The van der Waals surface area contributed by atoms with Gasteiger partial charge in [-0.2, -0.15) is 8.42 Å². The maximum Gasteiger partial charge on any atom is 0.312 e. The maximum absolute atomic E-state index is 13.3. The zero-order chi connectivity index (χ0) is 29.2. The average molecular weight is 569 g/mol. The van der Waals surface area contributed by atoms with Crippen LogP contribution in [0.25, 0.3) is 11.1 Å². The van der Waals surface area contributed by atoms with Gasteiger partial charge in [-0.1, -0.05) is 66.7 Å². The van der Waals surface area contributed by atoms with Crippen LogP contribution in [0.2, 0.25) is 0 Å². The fourth-order valence-electron chi connectivity index (χ4n) is 4.29. The first-order valence-electron chi connectivity index (χ1n) is 13.4. The van der Waals surface area contributed by atoms with Crippen LogP contribution in [0.5, 0.6) is 5.75 Å². The quantitative estimate of drug-likeness (QED) is 0.169. The van der Waals surface area contributed by atoms with Crippen molar-refractivity contribution in [3.05, 3.63) is 90.0 Å². The summed E-state index contributed by atoms with van der Waals surface area (Å²) in [4.78, 5) is 13.3. The summed E-state index contributed by atoms with van der Waals surface area (Å²) in [6.45, 7) is 5.54. The molecule has 0 aliphatic rings. The lowest BCUT2D eigenvalue weighted by atomic mass is 9.92. The molecule has 0 N–H and O–H groups in total. The van der Waals surface area contributed by atoms with Gasteiger partial charge in [0, 0.05) is 0 Å². The maximum atomic E-state index is 13.3. The van der Waals surface area contributed by atoms with Crippen LogP contribution in [-0.2, 0) is 41.6 Å². The molecule has 0 saturated carbocycles. The largest absolute Gasteiger partial charge is 0.497 e. The molecule has 3 rings (SSSR count). The third-order valence-electron chi connectivity index (χ3n) is 6.29. The molecule has 0 aliphatic carbocycles. The van der Waals surface area contributed by atoms with Crippen LogP contribution in [0.15, 0.2) is 78.9 Å². The van der Waals surface area contributed by atoms with E-state index in [-0.39, 0.29) is 19.6 Å². The molecule has 0 bridgehead atoms. The van der Waals surface area contributed by atoms with E-state index in [1.807, 2.05) is 42.5 Å². The van der Waals surface area contributed by atoms with Crippen LogP contribution in [-0.4, -0.2) is 46.1 Å². The second-order valence-electron chi connectivity index (χ2n) is 10.8. The van der Waals surface area contributed by atoms with E-state index in [0.717, 1.165) is 34.3 Å². The molecule has 0 spiro atoms.